The molecule has 1 atom stereocenters. The Labute approximate surface area is 137 Å². The molecule has 0 aliphatic heterocycles. The Morgan fingerprint density at radius 3 is 1.96 bits per heavy atom. The van der Waals surface area contributed by atoms with Crippen molar-refractivity contribution < 1.29 is 12.6 Å². The molecule has 0 fully saturated rings. The van der Waals surface area contributed by atoms with E-state index in [1.165, 1.54) is 11.1 Å². The summed E-state index contributed by atoms with van der Waals surface area (Å²) in [5, 5.41) is 0. The third kappa shape index (κ3) is 1.68. The van der Waals surface area contributed by atoms with E-state index in [4.69, 9.17) is 0 Å². The summed E-state index contributed by atoms with van der Waals surface area (Å²) in [7, 11) is 0. The molecule has 2 aliphatic carbocycles. The Kier molecular flexibility index (Phi) is 2.03. The second-order valence-electron chi connectivity index (χ2n) is 19.0. The summed E-state index contributed by atoms with van der Waals surface area (Å²) in [5.74, 6) is 0. The number of fused-ring (bicyclic) bond motifs is 1. The van der Waals surface area contributed by atoms with Crippen LogP contribution in [-0.2, 0) is 15.8 Å². The van der Waals surface area contributed by atoms with Crippen molar-refractivity contribution in [3.63, 3.8) is 0 Å². The van der Waals surface area contributed by atoms with Crippen LogP contribution in [0.2, 0.25) is 36.4 Å². The van der Waals surface area contributed by atoms with Crippen molar-refractivity contribution in [2.75, 3.05) is 0 Å². The summed E-state index contributed by atoms with van der Waals surface area (Å²) >= 11 is -5.42. The minimum absolute atomic E-state index is 0.00182. The first-order valence-corrected chi connectivity index (χ1v) is 38.8. The van der Waals surface area contributed by atoms with Gasteiger partial charge in [-0.05, 0) is 0 Å². The van der Waals surface area contributed by atoms with Gasteiger partial charge in [0.2, 0.25) is 0 Å². The van der Waals surface area contributed by atoms with E-state index in [1.54, 1.807) is 0 Å². The fourth-order valence-corrected chi connectivity index (χ4v) is 42.8. The van der Waals surface area contributed by atoms with Gasteiger partial charge in [-0.1, -0.05) is 0 Å². The zero-order chi connectivity index (χ0) is 18.3. The summed E-state index contributed by atoms with van der Waals surface area (Å²) < 4.78 is 19.2. The molecule has 3 rings (SSSR count). The molecule has 1 aromatic carbocycles. The van der Waals surface area contributed by atoms with Gasteiger partial charge in [0.15, 0.2) is 0 Å². The zero-order valence-corrected chi connectivity index (χ0v) is 20.7. The summed E-state index contributed by atoms with van der Waals surface area (Å²) in [6.45, 7) is 2.38. The van der Waals surface area contributed by atoms with E-state index in [0.29, 0.717) is 3.67 Å². The first-order chi connectivity index (χ1) is 10.3. The molecule has 0 nitrogen and oxygen atoms in total. The standard InChI is InChI=1S/C11H11.C5H5.7CH3.Hf/c1-2-9-7-8-10-5-3-4-6-11(9)10;1-2-4-5-3-1;;;;;;;;/h3-8H,2H2,1H3;1-5H;7*1H3;. The molecule has 1 unspecified atom stereocenters. The molecule has 0 heterocycles. The second-order valence-corrected chi connectivity index (χ2v) is 128. The first kappa shape index (κ1) is 18.1. The number of hydrogen-bond acceptors (Lipinski definition) is 0. The van der Waals surface area contributed by atoms with Crippen LogP contribution in [0.5, 0.6) is 0 Å². The maximum atomic E-state index is 2.68. The zero-order valence-electron chi connectivity index (χ0n) is 17.1. The van der Waals surface area contributed by atoms with E-state index in [-0.39, 0.29) is 3.17 Å². The van der Waals surface area contributed by atoms with E-state index in [9.17, 15) is 0 Å². The molecule has 1 aromatic rings. The van der Waals surface area contributed by atoms with E-state index < -0.39 is 12.6 Å². The predicted octanol–water partition coefficient (Wildman–Crippen LogP) is 8.40. The van der Waals surface area contributed by atoms with Crippen LogP contribution in [0.4, 0.5) is 0 Å². The van der Waals surface area contributed by atoms with Gasteiger partial charge in [-0.25, -0.2) is 0 Å². The predicted molar refractivity (Wildman–Crippen MR) is 111 cm³/mol. The van der Waals surface area contributed by atoms with Gasteiger partial charge in [0.1, 0.15) is 0 Å². The Balaban J connectivity index is 2.67. The van der Waals surface area contributed by atoms with E-state index in [1.807, 2.05) is 0 Å². The monoisotopic (exact) mass is 493 g/mol. The summed E-state index contributed by atoms with van der Waals surface area (Å²) in [6.07, 6.45) is 15.5. The van der Waals surface area contributed by atoms with Crippen LogP contribution in [0, 0.1) is 0 Å². The first-order valence-electron chi connectivity index (χ1n) is 9.75. The van der Waals surface area contributed by atoms with E-state index in [0.717, 1.165) is 6.42 Å². The summed E-state index contributed by atoms with van der Waals surface area (Å²) in [4.78, 5) is 0. The average molecular weight is 492 g/mol. The van der Waals surface area contributed by atoms with Crippen LogP contribution < -0.4 is 0 Å². The molecule has 0 N–H and O–H groups in total. The van der Waals surface area contributed by atoms with Gasteiger partial charge < -0.3 is 0 Å². The maximum absolute atomic E-state index is 5.42. The van der Waals surface area contributed by atoms with Gasteiger partial charge in [0.25, 0.3) is 0 Å². The number of allylic oxidation sites excluding steroid dienone is 5. The molecule has 0 amide bonds. The quantitative estimate of drug-likeness (QED) is 0.372. The van der Waals surface area contributed by atoms with Gasteiger partial charge in [0, 0.05) is 0 Å². The van der Waals surface area contributed by atoms with Gasteiger partial charge in [-0.15, -0.1) is 0 Å². The van der Waals surface area contributed by atoms with Crippen LogP contribution >= 0.6 is 0 Å². The molecule has 0 bridgehead atoms. The Bertz CT molecular complexity index is 889. The molecule has 0 saturated carbocycles. The van der Waals surface area contributed by atoms with Crippen LogP contribution in [-0.4, -0.2) is 0 Å². The number of rotatable bonds is 3. The van der Waals surface area contributed by atoms with Crippen LogP contribution in [0.15, 0.2) is 54.6 Å². The Morgan fingerprint density at radius 1 is 0.875 bits per heavy atom. The van der Waals surface area contributed by atoms with Crippen molar-refractivity contribution in [2.24, 2.45) is 0 Å². The molecule has 133 valence electrons. The topological polar surface area (TPSA) is 0 Å². The van der Waals surface area contributed by atoms with Crippen molar-refractivity contribution in [2.45, 2.75) is 53.0 Å². The number of benzene rings is 1. The van der Waals surface area contributed by atoms with Crippen molar-refractivity contribution in [3.05, 3.63) is 65.8 Å². The molecule has 0 spiro atoms. The van der Waals surface area contributed by atoms with Gasteiger partial charge >= 0.3 is 137 Å². The fraction of sp³-hybridized carbons (Fsp3) is 0.478. The SMILES string of the molecule is CC[C]1([Hf]([CH3])([CH3])([CH3])([CH3])([CH3])([CH3])([CH3])[CH]2C=CC=C2)C=Cc2ccccc21. The van der Waals surface area contributed by atoms with Gasteiger partial charge in [-0.2, -0.15) is 0 Å². The molecular weight excluding hydrogens is 455 g/mol. The molecule has 1 heteroatoms. The van der Waals surface area contributed by atoms with Crippen LogP contribution in [0.25, 0.3) is 6.08 Å². The summed E-state index contributed by atoms with van der Waals surface area (Å²) in [6, 6.07) is 9.04. The molecule has 24 heavy (non-hydrogen) atoms. The number of hydrogen-bond donors (Lipinski definition) is 0. The van der Waals surface area contributed by atoms with E-state index in [2.05, 4.69) is 100 Å². The molecule has 0 saturated heterocycles. The fourth-order valence-electron chi connectivity index (χ4n) is 6.84. The molecule has 2 aliphatic rings. The van der Waals surface area contributed by atoms with Crippen molar-refractivity contribution in [3.8, 4) is 0 Å². The second kappa shape index (κ2) is 2.70. The Hall–Kier alpha value is -0.690. The van der Waals surface area contributed by atoms with Crippen LogP contribution in [0.1, 0.15) is 24.5 Å². The average Bonchev–Trinajstić information content (AvgIpc) is 3.06. The van der Waals surface area contributed by atoms with E-state index >= 15 is 0 Å². The molecule has 0 radical (unpaired) electrons. The van der Waals surface area contributed by atoms with Gasteiger partial charge in [-0.3, -0.25) is 0 Å². The van der Waals surface area contributed by atoms with Crippen molar-refractivity contribution in [1.82, 2.24) is 0 Å². The minimum atomic E-state index is -5.42. The third-order valence-electron chi connectivity index (χ3n) is 9.17. The molecule has 0 aromatic heterocycles. The Morgan fingerprint density at radius 2 is 1.42 bits per heavy atom. The van der Waals surface area contributed by atoms with Gasteiger partial charge in [0.05, 0.1) is 0 Å². The van der Waals surface area contributed by atoms with Crippen molar-refractivity contribution >= 4 is 6.08 Å². The normalized spacial score (nSPS) is 32.1. The summed E-state index contributed by atoms with van der Waals surface area (Å²) in [5.41, 5.74) is 2.91. The van der Waals surface area contributed by atoms with Crippen LogP contribution in [0.3, 0.4) is 0 Å². The third-order valence-corrected chi connectivity index (χ3v) is 55.6. The molecular formula is C23H37Hf. The van der Waals surface area contributed by atoms with Crippen molar-refractivity contribution in [1.29, 1.82) is 0 Å².